The van der Waals surface area contributed by atoms with Crippen molar-refractivity contribution in [1.29, 1.82) is 0 Å². The van der Waals surface area contributed by atoms with Crippen LogP contribution in [0.3, 0.4) is 0 Å². The average Bonchev–Trinajstić information content (AvgIpc) is 2.46. The Kier molecular flexibility index (Phi) is 5.79. The molecule has 1 fully saturated rings. The Hall–Kier alpha value is -1.29. The molecule has 5 heteroatoms. The third-order valence-corrected chi connectivity index (χ3v) is 4.57. The topological polar surface area (TPSA) is 35.5 Å². The van der Waals surface area contributed by atoms with Crippen LogP contribution in [0, 0.1) is 11.2 Å². The molecule has 0 aromatic heterocycles. The van der Waals surface area contributed by atoms with Gasteiger partial charge in [-0.05, 0) is 39.7 Å². The molecule has 0 bridgehead atoms. The van der Waals surface area contributed by atoms with E-state index >= 15 is 0 Å². The van der Waals surface area contributed by atoms with E-state index in [2.05, 4.69) is 6.92 Å². The molecule has 0 aliphatic heterocycles. The molecule has 1 aliphatic rings. The van der Waals surface area contributed by atoms with Crippen molar-refractivity contribution >= 4 is 17.6 Å². The number of halogens is 2. The van der Waals surface area contributed by atoms with Crippen molar-refractivity contribution in [3.8, 4) is 5.75 Å². The molecule has 24 heavy (non-hydrogen) atoms. The molecule has 0 radical (unpaired) electrons. The summed E-state index contributed by atoms with van der Waals surface area (Å²) >= 11 is 6.18. The lowest BCUT2D eigenvalue weighted by atomic mass is 9.76. The zero-order chi connectivity index (χ0) is 18.0. The number of hydrogen-bond acceptors (Lipinski definition) is 3. The fourth-order valence-corrected chi connectivity index (χ4v) is 3.15. The third-order valence-electron chi connectivity index (χ3n) is 4.28. The Morgan fingerprint density at radius 3 is 2.46 bits per heavy atom. The van der Waals surface area contributed by atoms with Crippen LogP contribution in [-0.2, 0) is 4.74 Å². The molecule has 0 spiro atoms. The molecule has 3 nitrogen and oxygen atoms in total. The van der Waals surface area contributed by atoms with Crippen LogP contribution in [0.15, 0.2) is 12.1 Å². The molecule has 1 saturated carbocycles. The predicted octanol–water partition coefficient (Wildman–Crippen LogP) is 5.78. The molecule has 0 saturated heterocycles. The molecule has 0 atom stereocenters. The molecule has 0 amide bonds. The Bertz CT molecular complexity index is 601. The fourth-order valence-electron chi connectivity index (χ4n) is 2.93. The van der Waals surface area contributed by atoms with Gasteiger partial charge in [-0.1, -0.05) is 37.8 Å². The highest BCUT2D eigenvalue weighted by molar-refractivity contribution is 6.32. The van der Waals surface area contributed by atoms with Gasteiger partial charge in [-0.3, -0.25) is 0 Å². The van der Waals surface area contributed by atoms with Gasteiger partial charge >= 0.3 is 5.97 Å². The number of rotatable bonds is 4. The SMILES string of the molecule is CC1(COc2cc(F)c(C(=O)OC(C)(C)C)cc2Cl)CCCCC1. The number of hydrogen-bond donors (Lipinski definition) is 0. The van der Waals surface area contributed by atoms with E-state index in [1.807, 2.05) is 0 Å². The van der Waals surface area contributed by atoms with Crippen LogP contribution in [0.5, 0.6) is 5.75 Å². The zero-order valence-corrected chi connectivity index (χ0v) is 15.6. The maximum Gasteiger partial charge on any atom is 0.341 e. The van der Waals surface area contributed by atoms with Gasteiger partial charge in [0.2, 0.25) is 0 Å². The largest absolute Gasteiger partial charge is 0.491 e. The minimum absolute atomic E-state index is 0.0991. The van der Waals surface area contributed by atoms with Crippen LogP contribution in [-0.4, -0.2) is 18.2 Å². The summed E-state index contributed by atoms with van der Waals surface area (Å²) in [6.45, 7) is 7.87. The first-order valence-electron chi connectivity index (χ1n) is 8.45. The van der Waals surface area contributed by atoms with Crippen LogP contribution in [0.1, 0.15) is 70.2 Å². The molecular formula is C19H26ClFO3. The van der Waals surface area contributed by atoms with Crippen molar-refractivity contribution in [3.63, 3.8) is 0 Å². The summed E-state index contributed by atoms with van der Waals surface area (Å²) in [6, 6.07) is 2.46. The van der Waals surface area contributed by atoms with Crippen molar-refractivity contribution in [2.24, 2.45) is 5.41 Å². The van der Waals surface area contributed by atoms with Crippen molar-refractivity contribution in [3.05, 3.63) is 28.5 Å². The molecule has 0 N–H and O–H groups in total. The second-order valence-corrected chi connectivity index (χ2v) is 8.33. The van der Waals surface area contributed by atoms with E-state index in [-0.39, 0.29) is 21.8 Å². The van der Waals surface area contributed by atoms with Crippen LogP contribution in [0.2, 0.25) is 5.02 Å². The van der Waals surface area contributed by atoms with Crippen molar-refractivity contribution < 1.29 is 18.7 Å². The molecule has 2 rings (SSSR count). The predicted molar refractivity (Wildman–Crippen MR) is 93.3 cm³/mol. The fraction of sp³-hybridized carbons (Fsp3) is 0.632. The summed E-state index contributed by atoms with van der Waals surface area (Å²) in [6.07, 6.45) is 5.85. The highest BCUT2D eigenvalue weighted by Gasteiger charge is 2.28. The van der Waals surface area contributed by atoms with Crippen molar-refractivity contribution in [2.45, 2.75) is 65.4 Å². The molecule has 1 aliphatic carbocycles. The van der Waals surface area contributed by atoms with Gasteiger partial charge < -0.3 is 9.47 Å². The van der Waals surface area contributed by atoms with Crippen LogP contribution in [0.25, 0.3) is 0 Å². The summed E-state index contributed by atoms with van der Waals surface area (Å²) < 4.78 is 25.2. The molecule has 0 unspecified atom stereocenters. The lowest BCUT2D eigenvalue weighted by Gasteiger charge is -2.33. The van der Waals surface area contributed by atoms with Gasteiger partial charge in [0, 0.05) is 11.5 Å². The lowest BCUT2D eigenvalue weighted by molar-refractivity contribution is 0.00646. The van der Waals surface area contributed by atoms with E-state index in [0.29, 0.717) is 6.61 Å². The summed E-state index contributed by atoms with van der Waals surface area (Å²) in [5.41, 5.74) is -0.769. The summed E-state index contributed by atoms with van der Waals surface area (Å²) in [5, 5.41) is 0.219. The zero-order valence-electron chi connectivity index (χ0n) is 14.9. The average molecular weight is 357 g/mol. The second-order valence-electron chi connectivity index (χ2n) is 7.92. The molecule has 1 aromatic carbocycles. The Morgan fingerprint density at radius 2 is 1.88 bits per heavy atom. The van der Waals surface area contributed by atoms with Gasteiger partial charge in [-0.2, -0.15) is 0 Å². The van der Waals surface area contributed by atoms with Crippen molar-refractivity contribution in [2.75, 3.05) is 6.61 Å². The number of carbonyl (C=O) groups is 1. The highest BCUT2D eigenvalue weighted by atomic mass is 35.5. The van der Waals surface area contributed by atoms with E-state index in [4.69, 9.17) is 21.1 Å². The first-order valence-corrected chi connectivity index (χ1v) is 8.83. The van der Waals surface area contributed by atoms with E-state index in [1.54, 1.807) is 20.8 Å². The van der Waals surface area contributed by atoms with Gasteiger partial charge in [0.25, 0.3) is 0 Å². The Balaban J connectivity index is 2.10. The summed E-state index contributed by atoms with van der Waals surface area (Å²) in [5.74, 6) is -1.14. The normalized spacial score (nSPS) is 17.4. The monoisotopic (exact) mass is 356 g/mol. The van der Waals surface area contributed by atoms with E-state index in [1.165, 1.54) is 31.4 Å². The number of benzene rings is 1. The summed E-state index contributed by atoms with van der Waals surface area (Å²) in [4.78, 5) is 12.0. The minimum atomic E-state index is -0.729. The maximum absolute atomic E-state index is 14.3. The quantitative estimate of drug-likeness (QED) is 0.641. The standard InChI is InChI=1S/C19H26ClFO3/c1-18(2,3)24-17(22)13-10-14(20)16(11-15(13)21)23-12-19(4)8-6-5-7-9-19/h10-11H,5-9,12H2,1-4H3. The summed E-state index contributed by atoms with van der Waals surface area (Å²) in [7, 11) is 0. The van der Waals surface area contributed by atoms with Gasteiger partial charge in [-0.15, -0.1) is 0 Å². The van der Waals surface area contributed by atoms with Gasteiger partial charge in [0.1, 0.15) is 17.2 Å². The second kappa shape index (κ2) is 7.30. The minimum Gasteiger partial charge on any atom is -0.491 e. The molecular weight excluding hydrogens is 331 g/mol. The van der Waals surface area contributed by atoms with Crippen LogP contribution in [0.4, 0.5) is 4.39 Å². The van der Waals surface area contributed by atoms with Crippen LogP contribution >= 0.6 is 11.6 Å². The third kappa shape index (κ3) is 5.10. The highest BCUT2D eigenvalue weighted by Crippen LogP contribution is 2.37. The number of esters is 1. The Morgan fingerprint density at radius 1 is 1.25 bits per heavy atom. The molecule has 1 aromatic rings. The first kappa shape index (κ1) is 19.0. The Labute approximate surface area is 148 Å². The number of carbonyl (C=O) groups excluding carboxylic acids is 1. The van der Waals surface area contributed by atoms with Crippen LogP contribution < -0.4 is 4.74 Å². The van der Waals surface area contributed by atoms with Gasteiger partial charge in [0.05, 0.1) is 17.2 Å². The van der Waals surface area contributed by atoms with E-state index in [0.717, 1.165) is 12.8 Å². The first-order chi connectivity index (χ1) is 11.1. The molecule has 134 valence electrons. The van der Waals surface area contributed by atoms with Gasteiger partial charge in [0.15, 0.2) is 0 Å². The van der Waals surface area contributed by atoms with Crippen molar-refractivity contribution in [1.82, 2.24) is 0 Å². The van der Waals surface area contributed by atoms with E-state index < -0.39 is 17.4 Å². The maximum atomic E-state index is 14.3. The molecule has 0 heterocycles. The smallest absolute Gasteiger partial charge is 0.341 e. The number of ether oxygens (including phenoxy) is 2. The lowest BCUT2D eigenvalue weighted by Crippen LogP contribution is -2.28. The van der Waals surface area contributed by atoms with E-state index in [9.17, 15) is 9.18 Å². The van der Waals surface area contributed by atoms with Gasteiger partial charge in [-0.25, -0.2) is 9.18 Å².